The summed E-state index contributed by atoms with van der Waals surface area (Å²) >= 11 is 1.67. The Labute approximate surface area is 154 Å². The van der Waals surface area contributed by atoms with Crippen LogP contribution in [0, 0.1) is 12.8 Å². The maximum Gasteiger partial charge on any atom is 0.279 e. The number of carbonyl (C=O) groups excluding carboxylic acids is 1. The third-order valence-corrected chi connectivity index (χ3v) is 6.41. The molecule has 3 rings (SSSR count). The lowest BCUT2D eigenvalue weighted by Gasteiger charge is -2.17. The Morgan fingerprint density at radius 3 is 2.56 bits per heavy atom. The molecule has 1 aliphatic carbocycles. The highest BCUT2D eigenvalue weighted by atomic mass is 32.1. The summed E-state index contributed by atoms with van der Waals surface area (Å²) in [4.78, 5) is 19.6. The average Bonchev–Trinajstić information content (AvgIpc) is 3.33. The van der Waals surface area contributed by atoms with Crippen molar-refractivity contribution >= 4 is 17.2 Å². The maximum atomic E-state index is 12.8. The molecule has 3 nitrogen and oxygen atoms in total. The molecule has 2 aromatic rings. The molecule has 0 saturated heterocycles. The first kappa shape index (κ1) is 18.1. The van der Waals surface area contributed by atoms with Crippen molar-refractivity contribution in [1.29, 1.82) is 0 Å². The highest BCUT2D eigenvalue weighted by Crippen LogP contribution is 2.33. The number of hydrogen-bond acceptors (Lipinski definition) is 2. The Balaban J connectivity index is 2.08. The molecule has 134 valence electrons. The second-order valence-electron chi connectivity index (χ2n) is 8.03. The van der Waals surface area contributed by atoms with Crippen LogP contribution in [0.2, 0.25) is 0 Å². The fourth-order valence-corrected chi connectivity index (χ4v) is 4.42. The molecule has 1 fully saturated rings. The zero-order valence-electron chi connectivity index (χ0n) is 15.9. The molecule has 1 amide bonds. The summed E-state index contributed by atoms with van der Waals surface area (Å²) in [7, 11) is 0. The van der Waals surface area contributed by atoms with Gasteiger partial charge in [-0.1, -0.05) is 45.9 Å². The van der Waals surface area contributed by atoms with E-state index in [0.29, 0.717) is 0 Å². The Bertz CT molecular complexity index is 848. The van der Waals surface area contributed by atoms with E-state index in [1.807, 2.05) is 24.3 Å². The number of hydrogen-bond donors (Lipinski definition) is 0. The zero-order valence-corrected chi connectivity index (χ0v) is 16.7. The van der Waals surface area contributed by atoms with E-state index < -0.39 is 0 Å². The van der Waals surface area contributed by atoms with E-state index in [9.17, 15) is 4.79 Å². The standard InChI is InChI=1S/C21H28N2OS/c1-6-16-9-7-8-10-17(16)19(24)22-20-23(13-15-11-12-15)14(2)18(25-20)21(3,4)5/h7-10,15H,6,11-13H2,1-5H3/b22-20-. The van der Waals surface area contributed by atoms with Gasteiger partial charge in [0.2, 0.25) is 0 Å². The van der Waals surface area contributed by atoms with Crippen molar-refractivity contribution in [2.24, 2.45) is 10.9 Å². The van der Waals surface area contributed by atoms with Crippen LogP contribution in [0.1, 0.15) is 67.0 Å². The Morgan fingerprint density at radius 2 is 1.96 bits per heavy atom. The molecule has 1 aromatic carbocycles. The van der Waals surface area contributed by atoms with Gasteiger partial charge in [0.25, 0.3) is 5.91 Å². The van der Waals surface area contributed by atoms with Crippen molar-refractivity contribution in [3.8, 4) is 0 Å². The molecule has 1 aliphatic rings. The van der Waals surface area contributed by atoms with Crippen LogP contribution < -0.4 is 4.80 Å². The second-order valence-corrected chi connectivity index (χ2v) is 9.01. The van der Waals surface area contributed by atoms with Crippen molar-refractivity contribution in [1.82, 2.24) is 4.57 Å². The monoisotopic (exact) mass is 356 g/mol. The number of benzene rings is 1. The smallest absolute Gasteiger partial charge is 0.279 e. The Hall–Kier alpha value is -1.68. The van der Waals surface area contributed by atoms with Gasteiger partial charge >= 0.3 is 0 Å². The van der Waals surface area contributed by atoms with Gasteiger partial charge in [-0.3, -0.25) is 4.79 Å². The van der Waals surface area contributed by atoms with Crippen molar-refractivity contribution in [3.05, 3.63) is 50.8 Å². The van der Waals surface area contributed by atoms with E-state index in [4.69, 9.17) is 0 Å². The molecule has 0 N–H and O–H groups in total. The number of rotatable bonds is 4. The number of amides is 1. The summed E-state index contributed by atoms with van der Waals surface area (Å²) in [5.74, 6) is 0.627. The molecule has 0 bridgehead atoms. The van der Waals surface area contributed by atoms with Crippen LogP contribution in [0.5, 0.6) is 0 Å². The van der Waals surface area contributed by atoms with Crippen LogP contribution in [-0.2, 0) is 18.4 Å². The van der Waals surface area contributed by atoms with Crippen LogP contribution in [0.4, 0.5) is 0 Å². The Kier molecular flexibility index (Phi) is 5.01. The summed E-state index contributed by atoms with van der Waals surface area (Å²) in [6.45, 7) is 11.9. The highest BCUT2D eigenvalue weighted by Gasteiger charge is 2.27. The van der Waals surface area contributed by atoms with Crippen LogP contribution >= 0.6 is 11.3 Å². The van der Waals surface area contributed by atoms with Crippen molar-refractivity contribution in [2.45, 2.75) is 65.8 Å². The summed E-state index contributed by atoms with van der Waals surface area (Å²) in [5, 5.41) is 0. The van der Waals surface area contributed by atoms with E-state index in [1.54, 1.807) is 11.3 Å². The normalized spacial score (nSPS) is 15.6. The van der Waals surface area contributed by atoms with Gasteiger partial charge < -0.3 is 4.57 Å². The lowest BCUT2D eigenvalue weighted by molar-refractivity contribution is 0.0997. The predicted molar refractivity (Wildman–Crippen MR) is 104 cm³/mol. The third kappa shape index (κ3) is 3.95. The van der Waals surface area contributed by atoms with E-state index >= 15 is 0 Å². The number of aryl methyl sites for hydroxylation is 1. The van der Waals surface area contributed by atoms with Crippen LogP contribution in [0.3, 0.4) is 0 Å². The number of nitrogens with zero attached hydrogens (tertiary/aromatic N) is 2. The molecule has 0 unspecified atom stereocenters. The van der Waals surface area contributed by atoms with Gasteiger partial charge in [0.05, 0.1) is 0 Å². The third-order valence-electron chi connectivity index (χ3n) is 4.80. The fourth-order valence-electron chi connectivity index (χ4n) is 3.22. The van der Waals surface area contributed by atoms with Crippen molar-refractivity contribution in [3.63, 3.8) is 0 Å². The zero-order chi connectivity index (χ0) is 18.2. The maximum absolute atomic E-state index is 12.8. The molecule has 1 aromatic heterocycles. The number of carbonyl (C=O) groups is 1. The van der Waals surface area contributed by atoms with Crippen LogP contribution in [-0.4, -0.2) is 10.5 Å². The molecule has 0 aliphatic heterocycles. The first-order chi connectivity index (χ1) is 11.8. The first-order valence-corrected chi connectivity index (χ1v) is 10.0. The van der Waals surface area contributed by atoms with Crippen molar-refractivity contribution < 1.29 is 4.79 Å². The molecule has 0 spiro atoms. The van der Waals surface area contributed by atoms with Crippen molar-refractivity contribution in [2.75, 3.05) is 0 Å². The quantitative estimate of drug-likeness (QED) is 0.769. The van der Waals surface area contributed by atoms with Gasteiger partial charge in [0.15, 0.2) is 4.80 Å². The van der Waals surface area contributed by atoms with Gasteiger partial charge in [0, 0.05) is 22.7 Å². The molecule has 25 heavy (non-hydrogen) atoms. The SMILES string of the molecule is CCc1ccccc1C(=O)/N=c1\sc(C(C)(C)C)c(C)n1CC1CC1. The van der Waals surface area contributed by atoms with Gasteiger partial charge in [-0.25, -0.2) is 0 Å². The van der Waals surface area contributed by atoms with Crippen LogP contribution in [0.25, 0.3) is 0 Å². The Morgan fingerprint density at radius 1 is 1.28 bits per heavy atom. The number of thiazole rings is 1. The van der Waals surface area contributed by atoms with Gasteiger partial charge in [-0.05, 0) is 49.1 Å². The lowest BCUT2D eigenvalue weighted by Crippen LogP contribution is -2.20. The van der Waals surface area contributed by atoms with Gasteiger partial charge in [-0.2, -0.15) is 4.99 Å². The minimum Gasteiger partial charge on any atom is -0.320 e. The molecule has 1 heterocycles. The largest absolute Gasteiger partial charge is 0.320 e. The topological polar surface area (TPSA) is 34.4 Å². The summed E-state index contributed by atoms with van der Waals surface area (Å²) in [5.41, 5.74) is 3.12. The predicted octanol–water partition coefficient (Wildman–Crippen LogP) is 4.87. The number of aromatic nitrogens is 1. The summed E-state index contributed by atoms with van der Waals surface area (Å²) < 4.78 is 2.27. The average molecular weight is 357 g/mol. The van der Waals surface area contributed by atoms with E-state index in [0.717, 1.165) is 34.8 Å². The summed E-state index contributed by atoms with van der Waals surface area (Å²) in [6, 6.07) is 7.80. The van der Waals surface area contributed by atoms with Gasteiger partial charge in [0.1, 0.15) is 0 Å². The lowest BCUT2D eigenvalue weighted by atomic mass is 9.93. The van der Waals surface area contributed by atoms with E-state index in [2.05, 4.69) is 44.2 Å². The van der Waals surface area contributed by atoms with E-state index in [1.165, 1.54) is 23.4 Å². The van der Waals surface area contributed by atoms with Gasteiger partial charge in [-0.15, -0.1) is 11.3 Å². The second kappa shape index (κ2) is 6.91. The highest BCUT2D eigenvalue weighted by molar-refractivity contribution is 7.09. The molecule has 0 atom stereocenters. The summed E-state index contributed by atoms with van der Waals surface area (Å²) in [6.07, 6.45) is 3.43. The van der Waals surface area contributed by atoms with Crippen LogP contribution in [0.15, 0.2) is 29.3 Å². The molecule has 0 radical (unpaired) electrons. The molecular weight excluding hydrogens is 328 g/mol. The molecular formula is C21H28N2OS. The first-order valence-electron chi connectivity index (χ1n) is 9.19. The minimum absolute atomic E-state index is 0.0677. The minimum atomic E-state index is -0.122. The fraction of sp³-hybridized carbons (Fsp3) is 0.524. The van der Waals surface area contributed by atoms with E-state index in [-0.39, 0.29) is 11.3 Å². The molecule has 1 saturated carbocycles. The molecule has 4 heteroatoms.